The SMILES string of the molecule is O=S(=O)([O-])OC[C@H](OS(=O)(=O)[O-])[C@@H](OS(=O)(=O)[O-])C(O[C@@H]1O[C@H](COS(=O)(=O)[O-])[C@H](OS(=O)(=O)[O-])[C@H](OS(=O)(=O)[O-])[C@H]1OS(=O)(=O)[O-])[C@@H](COS(=O)(=O)[O-])OS(=O)(=O)[O-].[K+].[K+].[K+].[K+].[K+].[K+].[K+].[K+].[K+]. The van der Waals surface area contributed by atoms with Crippen LogP contribution in [0.4, 0.5) is 0 Å². The van der Waals surface area contributed by atoms with Gasteiger partial charge in [-0.2, -0.15) is 0 Å². The number of hydrogen-bond acceptors (Lipinski definition) is 38. The Morgan fingerprint density at radius 2 is 0.647 bits per heavy atom. The van der Waals surface area contributed by atoms with Crippen molar-refractivity contribution in [1.29, 1.82) is 0 Å². The van der Waals surface area contributed by atoms with Crippen LogP contribution in [-0.2, 0) is 141 Å². The van der Waals surface area contributed by atoms with E-state index in [2.05, 4.69) is 37.6 Å². The van der Waals surface area contributed by atoms with E-state index in [0.717, 1.165) is 0 Å². The van der Waals surface area contributed by atoms with E-state index >= 15 is 0 Å². The summed E-state index contributed by atoms with van der Waals surface area (Å²) in [7, 11) is -58.8. The smallest absolute Gasteiger partial charge is 0.726 e. The minimum Gasteiger partial charge on any atom is -0.726 e. The standard InChI is InChI=1S/C12H24O38S9.9K/c13-51(14,15)40-1-4-8(47-56(28,29)30)10(49-58(34,35)36)11(50-59(37,38)39)12(43-4)44-7(5(45-54(22,23)24)2-41-52(16,17)18)9(48-57(31,32)33)6(46-55(25,26)27)3-42-53(19,20)21;;;;;;;;;/h4-12H,1-3H2,(H,13,14,15)(H,16,17,18)(H,19,20,21)(H,22,23,24)(H,25,26,27)(H,28,29,30)(H,31,32,33)(H,34,35,36)(H,37,38,39);;;;;;;;;/q;9*+1/p-9/t4-,5-,6+,7?,8+,9-,10+,11-,12+;;;;;;;;;/m1........./s1. The van der Waals surface area contributed by atoms with E-state index in [4.69, 9.17) is 9.47 Å². The predicted molar refractivity (Wildman–Crippen MR) is 148 cm³/mol. The van der Waals surface area contributed by atoms with E-state index in [1.54, 1.807) is 0 Å². The second-order valence-electron chi connectivity index (χ2n) is 9.68. The molecule has 68 heavy (non-hydrogen) atoms. The molecule has 1 aliphatic heterocycles. The molecule has 0 aromatic heterocycles. The van der Waals surface area contributed by atoms with Gasteiger partial charge in [-0.25, -0.2) is 75.8 Å². The van der Waals surface area contributed by atoms with Crippen molar-refractivity contribution < 1.29 is 626 Å². The van der Waals surface area contributed by atoms with Gasteiger partial charge < -0.3 is 50.4 Å². The molecule has 1 aliphatic rings. The zero-order valence-electron chi connectivity index (χ0n) is 35.5. The summed E-state index contributed by atoms with van der Waals surface area (Å²) in [6, 6.07) is 0. The average molecular weight is 1410 g/mol. The summed E-state index contributed by atoms with van der Waals surface area (Å²) >= 11 is 0. The van der Waals surface area contributed by atoms with Crippen molar-refractivity contribution in [3.63, 3.8) is 0 Å². The van der Waals surface area contributed by atoms with Gasteiger partial charge in [0.2, 0.25) is 93.6 Å². The quantitative estimate of drug-likeness (QED) is 0.0441. The minimum absolute atomic E-state index is 0. The summed E-state index contributed by atoms with van der Waals surface area (Å²) in [6.07, 6.45) is -33.8. The van der Waals surface area contributed by atoms with Crippen molar-refractivity contribution in [2.45, 2.75) is 55.1 Å². The van der Waals surface area contributed by atoms with E-state index in [1.807, 2.05) is 0 Å². The average Bonchev–Trinajstić information content (AvgIpc) is 2.92. The fourth-order valence-electron chi connectivity index (χ4n) is 3.96. The van der Waals surface area contributed by atoms with Gasteiger partial charge in [-0.3, -0.25) is 37.6 Å². The molecule has 0 aromatic rings. The largest absolute Gasteiger partial charge is 1.00 e. The first-order valence-electron chi connectivity index (χ1n) is 12.8. The van der Waals surface area contributed by atoms with Gasteiger partial charge in [-0.1, -0.05) is 0 Å². The molecule has 1 unspecified atom stereocenters. The van der Waals surface area contributed by atoms with Crippen molar-refractivity contribution in [3.8, 4) is 0 Å². The molecule has 1 rings (SSSR count). The Hall–Kier alpha value is 13.5. The summed E-state index contributed by atoms with van der Waals surface area (Å²) in [5.74, 6) is 0. The van der Waals surface area contributed by atoms with Gasteiger partial charge in [-0.15, -0.1) is 0 Å². The maximum Gasteiger partial charge on any atom is 1.00 e. The first-order valence-corrected chi connectivity index (χ1v) is 24.8. The Bertz CT molecular complexity index is 2510. The van der Waals surface area contributed by atoms with Crippen LogP contribution in [0.3, 0.4) is 0 Å². The monoisotopic (exact) mass is 1410 g/mol. The van der Waals surface area contributed by atoms with Crippen LogP contribution in [0.5, 0.6) is 0 Å². The van der Waals surface area contributed by atoms with Gasteiger partial charge in [0, 0.05) is 0 Å². The number of ether oxygens (including phenoxy) is 2. The van der Waals surface area contributed by atoms with Gasteiger partial charge in [0.05, 0.1) is 19.8 Å². The molecule has 0 aromatic carbocycles. The third-order valence-corrected chi connectivity index (χ3v) is 9.54. The molecular weight excluding hydrogens is 1390 g/mol. The second kappa shape index (κ2) is 43.2. The molecule has 0 amide bonds. The molecule has 0 spiro atoms. The summed E-state index contributed by atoms with van der Waals surface area (Å²) in [4.78, 5) is 0. The molecule has 0 radical (unpaired) electrons. The van der Waals surface area contributed by atoms with Gasteiger partial charge in [-0.05, 0) is 0 Å². The minimum atomic E-state index is -6.83. The second-order valence-corrected chi connectivity index (χ2v) is 18.9. The van der Waals surface area contributed by atoms with E-state index < -0.39 is 169 Å². The van der Waals surface area contributed by atoms with Crippen molar-refractivity contribution in [3.05, 3.63) is 0 Å². The predicted octanol–water partition coefficient (Wildman–Crippen LogP) is -37.4. The molecule has 38 nitrogen and oxygen atoms in total. The molecule has 0 bridgehead atoms. The molecule has 1 fully saturated rings. The van der Waals surface area contributed by atoms with Crippen LogP contribution in [0, 0.1) is 0 Å². The molecule has 9 atom stereocenters. The normalized spacial score (nSPS) is 21.0. The Labute approximate surface area is 771 Å². The van der Waals surface area contributed by atoms with Crippen molar-refractivity contribution in [1.82, 2.24) is 0 Å². The first kappa shape index (κ1) is 100. The van der Waals surface area contributed by atoms with Crippen LogP contribution < -0.4 is 462 Å². The summed E-state index contributed by atoms with van der Waals surface area (Å²) < 4.78 is 352. The number of hydrogen-bond donors (Lipinski definition) is 0. The molecule has 56 heteroatoms. The fourth-order valence-corrected chi connectivity index (χ4v) is 7.78. The van der Waals surface area contributed by atoms with E-state index in [-0.39, 0.29) is 462 Å². The van der Waals surface area contributed by atoms with Crippen LogP contribution in [0.2, 0.25) is 0 Å². The first-order chi connectivity index (χ1) is 25.8. The molecule has 0 aliphatic carbocycles. The molecular formula is C12H15K9O38S9. The molecule has 1 heterocycles. The third-order valence-electron chi connectivity index (χ3n) is 5.47. The van der Waals surface area contributed by atoms with E-state index in [0.29, 0.717) is 0 Å². The van der Waals surface area contributed by atoms with Crippen LogP contribution in [0.25, 0.3) is 0 Å². The maximum atomic E-state index is 11.8. The summed E-state index contributed by atoms with van der Waals surface area (Å²) in [5.41, 5.74) is 0. The molecule has 0 saturated carbocycles. The van der Waals surface area contributed by atoms with Crippen LogP contribution >= 0.6 is 0 Å². The van der Waals surface area contributed by atoms with Crippen LogP contribution in [-0.4, -0.2) is 192 Å². The number of rotatable bonds is 26. The molecule has 354 valence electrons. The third kappa shape index (κ3) is 51.5. The zero-order chi connectivity index (χ0) is 46.6. The Kier molecular flexibility index (Phi) is 63.8. The molecule has 0 N–H and O–H groups in total. The Morgan fingerprint density at radius 1 is 0.353 bits per heavy atom. The maximum absolute atomic E-state index is 11.8. The summed E-state index contributed by atoms with van der Waals surface area (Å²) in [5, 5.41) is 0. The van der Waals surface area contributed by atoms with Crippen LogP contribution in [0.1, 0.15) is 0 Å². The van der Waals surface area contributed by atoms with Crippen LogP contribution in [0.15, 0.2) is 0 Å². The Morgan fingerprint density at radius 3 is 0.941 bits per heavy atom. The fraction of sp³-hybridized carbons (Fsp3) is 1.00. The van der Waals surface area contributed by atoms with Crippen molar-refractivity contribution in [2.75, 3.05) is 19.8 Å². The van der Waals surface area contributed by atoms with Crippen molar-refractivity contribution >= 4 is 93.6 Å². The van der Waals surface area contributed by atoms with Gasteiger partial charge >= 0.3 is 462 Å². The van der Waals surface area contributed by atoms with Gasteiger partial charge in [0.25, 0.3) is 0 Å². The molecule has 1 saturated heterocycles. The van der Waals surface area contributed by atoms with E-state index in [1.165, 1.54) is 0 Å². The van der Waals surface area contributed by atoms with Gasteiger partial charge in [0.1, 0.15) is 42.7 Å². The van der Waals surface area contributed by atoms with E-state index in [9.17, 15) is 117 Å². The summed E-state index contributed by atoms with van der Waals surface area (Å²) in [6.45, 7) is -7.36. The van der Waals surface area contributed by atoms with Crippen molar-refractivity contribution in [2.24, 2.45) is 0 Å². The van der Waals surface area contributed by atoms with Gasteiger partial charge in [0.15, 0.2) is 12.4 Å². The Balaban J connectivity index is -0.000000553. The topological polar surface area (TPSA) is 616 Å². The zero-order valence-corrected chi connectivity index (χ0v) is 71.0.